The van der Waals surface area contributed by atoms with Gasteiger partial charge in [-0.3, -0.25) is 0 Å². The van der Waals surface area contributed by atoms with Crippen LogP contribution in [0.4, 0.5) is 0 Å². The zero-order chi connectivity index (χ0) is 15.2. The van der Waals surface area contributed by atoms with Gasteiger partial charge in [0.25, 0.3) is 0 Å². The Morgan fingerprint density at radius 2 is 1.05 bits per heavy atom. The molecule has 0 aliphatic rings. The molecule has 2 aromatic carbocycles. The summed E-state index contributed by atoms with van der Waals surface area (Å²) in [6.07, 6.45) is 0. The predicted molar refractivity (Wildman–Crippen MR) is 89.5 cm³/mol. The fraction of sp³-hybridized carbons (Fsp3) is 0.333. The Bertz CT molecular complexity index is 527. The third-order valence-corrected chi connectivity index (χ3v) is 3.51. The Morgan fingerprint density at radius 1 is 0.667 bits per heavy atom. The van der Waals surface area contributed by atoms with Gasteiger partial charge in [0.05, 0.1) is 0 Å². The molecule has 2 rings (SSSR count). The van der Waals surface area contributed by atoms with Gasteiger partial charge in [0.15, 0.2) is 0 Å². The average Bonchev–Trinajstić information content (AvgIpc) is 2.48. The summed E-state index contributed by atoms with van der Waals surface area (Å²) in [5.74, 6) is 2.66. The number of hydrogen-bond acceptors (Lipinski definition) is 2. The van der Waals surface area contributed by atoms with Crippen LogP contribution in [0.2, 0.25) is 0 Å². The summed E-state index contributed by atoms with van der Waals surface area (Å²) in [5.41, 5.74) is 2.41. The van der Waals surface area contributed by atoms with Gasteiger partial charge in [-0.05, 0) is 35.1 Å². The molecule has 0 heterocycles. The van der Waals surface area contributed by atoms with Crippen molar-refractivity contribution in [3.05, 3.63) is 59.7 Å². The number of hydrogen-bond donors (Lipinski definition) is 0. The molecule has 0 aromatic heterocycles. The third kappa shape index (κ3) is 4.04. The molecule has 3 heteroatoms. The summed E-state index contributed by atoms with van der Waals surface area (Å²) in [5, 5.41) is 0. The van der Waals surface area contributed by atoms with Crippen LogP contribution in [0.5, 0.6) is 11.5 Å². The van der Waals surface area contributed by atoms with E-state index in [9.17, 15) is 0 Å². The van der Waals surface area contributed by atoms with E-state index in [2.05, 4.69) is 39.8 Å². The van der Waals surface area contributed by atoms with Crippen molar-refractivity contribution in [2.75, 3.05) is 0 Å². The molecular weight excluding hydrogens is 259 g/mol. The van der Waals surface area contributed by atoms with Gasteiger partial charge in [0, 0.05) is 0 Å². The molecule has 0 aliphatic carbocycles. The minimum absolute atomic E-state index is 0.230. The van der Waals surface area contributed by atoms with Crippen molar-refractivity contribution in [1.82, 2.24) is 0 Å². The van der Waals surface area contributed by atoms with Crippen LogP contribution >= 0.6 is 0 Å². The second kappa shape index (κ2) is 7.21. The molecule has 0 saturated carbocycles. The summed E-state index contributed by atoms with van der Waals surface area (Å²) < 4.78 is 11.6. The van der Waals surface area contributed by atoms with Crippen molar-refractivity contribution in [1.29, 1.82) is 0 Å². The van der Waals surface area contributed by atoms with Crippen LogP contribution in [-0.4, -0.2) is 7.69 Å². The van der Waals surface area contributed by atoms with Gasteiger partial charge >= 0.3 is 7.69 Å². The summed E-state index contributed by atoms with van der Waals surface area (Å²) >= 11 is 0. The maximum atomic E-state index is 5.81. The van der Waals surface area contributed by atoms with Crippen LogP contribution in [0.25, 0.3) is 0 Å². The van der Waals surface area contributed by atoms with Gasteiger partial charge in [-0.1, -0.05) is 64.1 Å². The molecule has 0 saturated heterocycles. The third-order valence-electron chi connectivity index (χ3n) is 3.51. The van der Waals surface area contributed by atoms with Crippen LogP contribution in [0.15, 0.2) is 48.5 Å². The molecule has 0 bridgehead atoms. The quantitative estimate of drug-likeness (QED) is 0.717. The largest absolute Gasteiger partial charge is 0.576 e. The monoisotopic (exact) mass is 282 g/mol. The topological polar surface area (TPSA) is 18.5 Å². The second-order valence-electron chi connectivity index (χ2n) is 5.79. The summed E-state index contributed by atoms with van der Waals surface area (Å²) in [7, 11) is 0.230. The average molecular weight is 282 g/mol. The molecule has 110 valence electrons. The Balaban J connectivity index is 2.03. The molecular formula is C18H23BO2. The van der Waals surface area contributed by atoms with Gasteiger partial charge in [0.2, 0.25) is 0 Å². The second-order valence-corrected chi connectivity index (χ2v) is 5.79. The molecule has 0 amide bonds. The minimum atomic E-state index is 0.230. The fourth-order valence-corrected chi connectivity index (χ4v) is 2.33. The van der Waals surface area contributed by atoms with E-state index >= 15 is 0 Å². The molecule has 2 nitrogen and oxygen atoms in total. The van der Waals surface area contributed by atoms with Gasteiger partial charge in [-0.25, -0.2) is 0 Å². The zero-order valence-corrected chi connectivity index (χ0v) is 13.3. The van der Waals surface area contributed by atoms with Crippen molar-refractivity contribution in [3.8, 4) is 11.5 Å². The molecule has 0 spiro atoms. The van der Waals surface area contributed by atoms with Crippen LogP contribution in [-0.2, 0) is 0 Å². The van der Waals surface area contributed by atoms with E-state index in [1.807, 2.05) is 36.4 Å². The molecule has 0 aliphatic heterocycles. The molecule has 0 N–H and O–H groups in total. The van der Waals surface area contributed by atoms with E-state index in [0.717, 1.165) is 11.5 Å². The van der Waals surface area contributed by atoms with Crippen molar-refractivity contribution in [2.45, 2.75) is 39.5 Å². The molecule has 21 heavy (non-hydrogen) atoms. The van der Waals surface area contributed by atoms with Crippen molar-refractivity contribution in [2.24, 2.45) is 0 Å². The van der Waals surface area contributed by atoms with Gasteiger partial charge in [-0.15, -0.1) is 0 Å². The lowest BCUT2D eigenvalue weighted by molar-refractivity contribution is 0.450. The molecule has 0 radical (unpaired) electrons. The summed E-state index contributed by atoms with van der Waals surface area (Å²) in [6, 6.07) is 16.2. The van der Waals surface area contributed by atoms with E-state index in [4.69, 9.17) is 9.31 Å². The normalized spacial score (nSPS) is 10.8. The van der Waals surface area contributed by atoms with Gasteiger partial charge < -0.3 is 9.31 Å². The van der Waals surface area contributed by atoms with E-state index in [1.54, 1.807) is 0 Å². The Labute approximate surface area is 128 Å². The van der Waals surface area contributed by atoms with Crippen LogP contribution in [0, 0.1) is 0 Å². The number of para-hydroxylation sites is 2. The van der Waals surface area contributed by atoms with Crippen molar-refractivity contribution < 1.29 is 9.31 Å². The maximum absolute atomic E-state index is 5.81. The lowest BCUT2D eigenvalue weighted by Gasteiger charge is -2.16. The minimum Gasteiger partial charge on any atom is -0.528 e. The van der Waals surface area contributed by atoms with Crippen LogP contribution < -0.4 is 9.31 Å². The van der Waals surface area contributed by atoms with Crippen LogP contribution in [0.1, 0.15) is 50.7 Å². The van der Waals surface area contributed by atoms with Gasteiger partial charge in [0.1, 0.15) is 11.5 Å². The van der Waals surface area contributed by atoms with E-state index in [1.165, 1.54) is 11.1 Å². The lowest BCUT2D eigenvalue weighted by Crippen LogP contribution is -2.13. The SMILES string of the molecule is CC(C)c1ccccc1OBOc1ccccc1C(C)C. The highest BCUT2D eigenvalue weighted by molar-refractivity contribution is 6.20. The fourth-order valence-electron chi connectivity index (χ4n) is 2.33. The molecule has 0 unspecified atom stereocenters. The highest BCUT2D eigenvalue weighted by atomic mass is 16.6. The van der Waals surface area contributed by atoms with E-state index in [0.29, 0.717) is 11.8 Å². The Morgan fingerprint density at radius 3 is 1.43 bits per heavy atom. The Hall–Kier alpha value is -1.90. The van der Waals surface area contributed by atoms with Crippen molar-refractivity contribution >= 4 is 7.69 Å². The molecule has 0 fully saturated rings. The number of rotatable bonds is 6. The predicted octanol–water partition coefficient (Wildman–Crippen LogP) is 4.66. The van der Waals surface area contributed by atoms with E-state index < -0.39 is 0 Å². The first-order valence-electron chi connectivity index (χ1n) is 7.53. The lowest BCUT2D eigenvalue weighted by atomic mass is 10.0. The Kier molecular flexibility index (Phi) is 5.32. The van der Waals surface area contributed by atoms with Crippen LogP contribution in [0.3, 0.4) is 0 Å². The first-order valence-corrected chi connectivity index (χ1v) is 7.53. The summed E-state index contributed by atoms with van der Waals surface area (Å²) in [4.78, 5) is 0. The smallest absolute Gasteiger partial charge is 0.528 e. The highest BCUT2D eigenvalue weighted by Gasteiger charge is 2.10. The standard InChI is InChI=1S/C18H23BO2/c1-13(2)15-9-5-7-11-17(15)20-19-21-18-12-8-6-10-16(18)14(3)4/h5-14,19H,1-4H3. The first-order chi connectivity index (χ1) is 10.1. The van der Waals surface area contributed by atoms with Crippen molar-refractivity contribution in [3.63, 3.8) is 0 Å². The highest BCUT2D eigenvalue weighted by Crippen LogP contribution is 2.27. The molecule has 2 aromatic rings. The van der Waals surface area contributed by atoms with E-state index in [-0.39, 0.29) is 7.69 Å². The molecule has 0 atom stereocenters. The zero-order valence-electron chi connectivity index (χ0n) is 13.3. The summed E-state index contributed by atoms with van der Waals surface area (Å²) in [6.45, 7) is 8.66. The number of benzene rings is 2. The maximum Gasteiger partial charge on any atom is 0.576 e. The first kappa shape index (κ1) is 15.5. The van der Waals surface area contributed by atoms with Gasteiger partial charge in [-0.2, -0.15) is 0 Å².